The fourth-order valence-corrected chi connectivity index (χ4v) is 4.03. The van der Waals surface area contributed by atoms with E-state index in [1.54, 1.807) is 6.92 Å². The number of sulfonamides is 1. The summed E-state index contributed by atoms with van der Waals surface area (Å²) in [7, 11) is -2.39. The Labute approximate surface area is 117 Å². The van der Waals surface area contributed by atoms with Crippen molar-refractivity contribution in [2.24, 2.45) is 5.41 Å². The fourth-order valence-electron chi connectivity index (χ4n) is 2.40. The molecule has 1 unspecified atom stereocenters. The molecule has 1 amide bonds. The van der Waals surface area contributed by atoms with E-state index in [1.165, 1.54) is 29.6 Å². The number of hydrogen-bond acceptors (Lipinski definition) is 3. The molecule has 0 aliphatic carbocycles. The number of halogens is 1. The van der Waals surface area contributed by atoms with Crippen LogP contribution in [0.1, 0.15) is 13.3 Å². The number of nitrogens with zero attached hydrogens (tertiary/aromatic N) is 1. The van der Waals surface area contributed by atoms with Crippen molar-refractivity contribution >= 4 is 15.9 Å². The Morgan fingerprint density at radius 3 is 2.65 bits per heavy atom. The van der Waals surface area contributed by atoms with E-state index in [0.717, 1.165) is 6.07 Å². The Morgan fingerprint density at radius 1 is 1.40 bits per heavy atom. The second kappa shape index (κ2) is 5.14. The number of carbonyl (C=O) groups is 1. The van der Waals surface area contributed by atoms with E-state index in [2.05, 4.69) is 5.32 Å². The van der Waals surface area contributed by atoms with E-state index in [4.69, 9.17) is 0 Å². The topological polar surface area (TPSA) is 66.5 Å². The van der Waals surface area contributed by atoms with E-state index in [-0.39, 0.29) is 23.9 Å². The number of hydrogen-bond donors (Lipinski definition) is 1. The van der Waals surface area contributed by atoms with Crippen LogP contribution < -0.4 is 5.32 Å². The summed E-state index contributed by atoms with van der Waals surface area (Å²) in [6.07, 6.45) is 0.417. The third kappa shape index (κ3) is 2.43. The third-order valence-electron chi connectivity index (χ3n) is 3.67. The molecule has 0 spiro atoms. The van der Waals surface area contributed by atoms with Gasteiger partial charge in [0.2, 0.25) is 15.9 Å². The van der Waals surface area contributed by atoms with Crippen molar-refractivity contribution in [2.45, 2.75) is 18.2 Å². The van der Waals surface area contributed by atoms with Crippen LogP contribution in [0.3, 0.4) is 0 Å². The highest BCUT2D eigenvalue weighted by Gasteiger charge is 2.44. The number of rotatable bonds is 3. The summed E-state index contributed by atoms with van der Waals surface area (Å²) in [5, 5.41) is 2.54. The number of benzene rings is 1. The van der Waals surface area contributed by atoms with Gasteiger partial charge in [-0.3, -0.25) is 4.79 Å². The maximum Gasteiger partial charge on any atom is 0.246 e. The lowest BCUT2D eigenvalue weighted by Gasteiger charge is -2.22. The zero-order chi connectivity index (χ0) is 15.0. The molecule has 110 valence electrons. The van der Waals surface area contributed by atoms with Crippen LogP contribution in [-0.4, -0.2) is 38.8 Å². The zero-order valence-electron chi connectivity index (χ0n) is 11.4. The van der Waals surface area contributed by atoms with Gasteiger partial charge >= 0.3 is 0 Å². The van der Waals surface area contributed by atoms with Crippen molar-refractivity contribution in [3.05, 3.63) is 30.1 Å². The molecule has 0 radical (unpaired) electrons. The average Bonchev–Trinajstić information content (AvgIpc) is 2.83. The van der Waals surface area contributed by atoms with Crippen LogP contribution in [-0.2, 0) is 14.8 Å². The highest BCUT2D eigenvalue weighted by molar-refractivity contribution is 7.89. The standard InChI is InChI=1S/C13H17FN2O3S/c1-13(12(17)15-2)7-8-16(9-13)20(18,19)11-6-4-3-5-10(11)14/h3-6H,7-9H2,1-2H3,(H,15,17). The van der Waals surface area contributed by atoms with Crippen LogP contribution >= 0.6 is 0 Å². The molecule has 1 fully saturated rings. The molecular weight excluding hydrogens is 283 g/mol. The quantitative estimate of drug-likeness (QED) is 0.904. The first-order valence-electron chi connectivity index (χ1n) is 6.28. The van der Waals surface area contributed by atoms with Crippen LogP contribution in [0.2, 0.25) is 0 Å². The lowest BCUT2D eigenvalue weighted by molar-refractivity contribution is -0.128. The highest BCUT2D eigenvalue weighted by atomic mass is 32.2. The second-order valence-electron chi connectivity index (χ2n) is 5.16. The van der Waals surface area contributed by atoms with Crippen LogP contribution in [0, 0.1) is 11.2 Å². The molecule has 0 bridgehead atoms. The van der Waals surface area contributed by atoms with Gasteiger partial charge in [0.1, 0.15) is 10.7 Å². The minimum Gasteiger partial charge on any atom is -0.359 e. The average molecular weight is 300 g/mol. The maximum absolute atomic E-state index is 13.7. The van der Waals surface area contributed by atoms with Gasteiger partial charge in [0.05, 0.1) is 5.41 Å². The monoisotopic (exact) mass is 300 g/mol. The lowest BCUT2D eigenvalue weighted by atomic mass is 9.89. The Morgan fingerprint density at radius 2 is 2.05 bits per heavy atom. The van der Waals surface area contributed by atoms with Crippen molar-refractivity contribution < 1.29 is 17.6 Å². The summed E-state index contributed by atoms with van der Waals surface area (Å²) in [6, 6.07) is 5.26. The summed E-state index contributed by atoms with van der Waals surface area (Å²) in [6.45, 7) is 1.98. The molecule has 1 heterocycles. The molecule has 2 rings (SSSR count). The summed E-state index contributed by atoms with van der Waals surface area (Å²) in [5.74, 6) is -0.982. The molecule has 20 heavy (non-hydrogen) atoms. The SMILES string of the molecule is CNC(=O)C1(C)CCN(S(=O)(=O)c2ccccc2F)C1. The highest BCUT2D eigenvalue weighted by Crippen LogP contribution is 2.34. The van der Waals surface area contributed by atoms with Gasteiger partial charge < -0.3 is 5.32 Å². The van der Waals surface area contributed by atoms with Gasteiger partial charge in [-0.2, -0.15) is 4.31 Å². The minimum atomic E-state index is -3.90. The molecule has 5 nitrogen and oxygen atoms in total. The number of amides is 1. The Kier molecular flexibility index (Phi) is 3.84. The van der Waals surface area contributed by atoms with Gasteiger partial charge in [-0.15, -0.1) is 0 Å². The zero-order valence-corrected chi connectivity index (χ0v) is 12.2. The summed E-state index contributed by atoms with van der Waals surface area (Å²) in [4.78, 5) is 11.5. The largest absolute Gasteiger partial charge is 0.359 e. The minimum absolute atomic E-state index is 0.0589. The molecule has 1 aliphatic heterocycles. The van der Waals surface area contributed by atoms with Crippen LogP contribution in [0.4, 0.5) is 4.39 Å². The summed E-state index contributed by atoms with van der Waals surface area (Å²) in [5.41, 5.74) is -0.771. The van der Waals surface area contributed by atoms with Crippen LogP contribution in [0.15, 0.2) is 29.2 Å². The number of nitrogens with one attached hydrogen (secondary N) is 1. The fraction of sp³-hybridized carbons (Fsp3) is 0.462. The normalized spacial score (nSPS) is 23.8. The van der Waals surface area contributed by atoms with E-state index >= 15 is 0 Å². The van der Waals surface area contributed by atoms with Gasteiger partial charge in [-0.25, -0.2) is 12.8 Å². The second-order valence-corrected chi connectivity index (χ2v) is 7.07. The first-order chi connectivity index (χ1) is 9.31. The van der Waals surface area contributed by atoms with Gasteiger partial charge in [-0.1, -0.05) is 12.1 Å². The van der Waals surface area contributed by atoms with Gasteiger partial charge in [0, 0.05) is 20.1 Å². The molecule has 7 heteroatoms. The molecule has 1 saturated heterocycles. The first kappa shape index (κ1) is 14.9. The van der Waals surface area contributed by atoms with Gasteiger partial charge in [0.25, 0.3) is 0 Å². The Hall–Kier alpha value is -1.47. The van der Waals surface area contributed by atoms with Crippen molar-refractivity contribution in [1.29, 1.82) is 0 Å². The Bertz CT molecular complexity index is 632. The molecular formula is C13H17FN2O3S. The molecule has 1 aliphatic rings. The lowest BCUT2D eigenvalue weighted by Crippen LogP contribution is -2.40. The van der Waals surface area contributed by atoms with E-state index in [0.29, 0.717) is 6.42 Å². The molecule has 1 N–H and O–H groups in total. The van der Waals surface area contributed by atoms with E-state index in [9.17, 15) is 17.6 Å². The molecule has 0 aromatic heterocycles. The van der Waals surface area contributed by atoms with E-state index in [1.807, 2.05) is 0 Å². The first-order valence-corrected chi connectivity index (χ1v) is 7.72. The van der Waals surface area contributed by atoms with Gasteiger partial charge in [-0.05, 0) is 25.5 Å². The predicted molar refractivity (Wildman–Crippen MR) is 71.9 cm³/mol. The predicted octanol–water partition coefficient (Wildman–Crippen LogP) is 0.972. The molecule has 0 saturated carbocycles. The maximum atomic E-state index is 13.7. The smallest absolute Gasteiger partial charge is 0.246 e. The number of carbonyl (C=O) groups excluding carboxylic acids is 1. The Balaban J connectivity index is 2.30. The van der Waals surface area contributed by atoms with Crippen molar-refractivity contribution in [2.75, 3.05) is 20.1 Å². The van der Waals surface area contributed by atoms with Crippen molar-refractivity contribution in [1.82, 2.24) is 9.62 Å². The van der Waals surface area contributed by atoms with Crippen LogP contribution in [0.25, 0.3) is 0 Å². The summed E-state index contributed by atoms with van der Waals surface area (Å²) < 4.78 is 39.7. The van der Waals surface area contributed by atoms with Gasteiger partial charge in [0.15, 0.2) is 0 Å². The third-order valence-corrected chi connectivity index (χ3v) is 5.55. The van der Waals surface area contributed by atoms with E-state index < -0.39 is 21.3 Å². The molecule has 1 atom stereocenters. The van der Waals surface area contributed by atoms with Crippen LogP contribution in [0.5, 0.6) is 0 Å². The van der Waals surface area contributed by atoms with Crippen molar-refractivity contribution in [3.8, 4) is 0 Å². The van der Waals surface area contributed by atoms with Crippen molar-refractivity contribution in [3.63, 3.8) is 0 Å². The molecule has 1 aromatic carbocycles. The summed E-state index contributed by atoms with van der Waals surface area (Å²) >= 11 is 0. The molecule has 1 aromatic rings.